The Kier molecular flexibility index (Phi) is 2.64. The molecule has 4 nitrogen and oxygen atoms in total. The minimum Gasteiger partial charge on any atom is -0.497 e. The Hall–Kier alpha value is -2.07. The molecule has 0 aliphatic carbocycles. The van der Waals surface area contributed by atoms with Crippen molar-refractivity contribution >= 4 is 22.4 Å². The summed E-state index contributed by atoms with van der Waals surface area (Å²) in [5.41, 5.74) is 0.873. The smallest absolute Gasteiger partial charge is 0.136 e. The summed E-state index contributed by atoms with van der Waals surface area (Å²) < 4.78 is 7.00. The van der Waals surface area contributed by atoms with Crippen LogP contribution in [0, 0.1) is 0 Å². The number of methoxy groups -OCH3 is 1. The van der Waals surface area contributed by atoms with E-state index in [1.807, 2.05) is 30.5 Å². The molecule has 0 radical (unpaired) electrons. The van der Waals surface area contributed by atoms with E-state index < -0.39 is 0 Å². The number of nitrogens with zero attached hydrogens (tertiary/aromatic N) is 3. The Morgan fingerprint density at radius 1 is 1.28 bits per heavy atom. The van der Waals surface area contributed by atoms with E-state index in [0.29, 0.717) is 5.15 Å². The summed E-state index contributed by atoms with van der Waals surface area (Å²) in [6.45, 7) is 0. The second kappa shape index (κ2) is 4.31. The lowest BCUT2D eigenvalue weighted by atomic mass is 10.1. The molecule has 0 bridgehead atoms. The lowest BCUT2D eigenvalue weighted by molar-refractivity contribution is 0.415. The molecule has 18 heavy (non-hydrogen) atoms. The van der Waals surface area contributed by atoms with Gasteiger partial charge < -0.3 is 4.74 Å². The lowest BCUT2D eigenvalue weighted by Crippen LogP contribution is -1.97. The third kappa shape index (κ3) is 1.71. The zero-order valence-corrected chi connectivity index (χ0v) is 10.4. The average molecular weight is 260 g/mol. The van der Waals surface area contributed by atoms with Gasteiger partial charge in [-0.05, 0) is 24.3 Å². The van der Waals surface area contributed by atoms with Gasteiger partial charge in [-0.3, -0.25) is 0 Å². The number of rotatable bonds is 2. The molecule has 0 unspecified atom stereocenters. The van der Waals surface area contributed by atoms with Crippen LogP contribution in [0.3, 0.4) is 0 Å². The summed E-state index contributed by atoms with van der Waals surface area (Å²) in [5, 5.41) is 6.53. The van der Waals surface area contributed by atoms with Crippen molar-refractivity contribution in [2.45, 2.75) is 0 Å². The summed E-state index contributed by atoms with van der Waals surface area (Å²) in [6, 6.07) is 7.56. The molecule has 0 aliphatic heterocycles. The first kappa shape index (κ1) is 11.0. The van der Waals surface area contributed by atoms with Crippen LogP contribution in [0.25, 0.3) is 16.5 Å². The molecule has 3 aromatic rings. The molecular formula is C13H10ClN3O. The van der Waals surface area contributed by atoms with Gasteiger partial charge in [0.25, 0.3) is 0 Å². The highest BCUT2D eigenvalue weighted by molar-refractivity contribution is 6.34. The van der Waals surface area contributed by atoms with E-state index in [4.69, 9.17) is 16.3 Å². The van der Waals surface area contributed by atoms with Crippen LogP contribution in [-0.2, 0) is 0 Å². The van der Waals surface area contributed by atoms with Gasteiger partial charge in [0.05, 0.1) is 19.0 Å². The van der Waals surface area contributed by atoms with Crippen LogP contribution in [0.2, 0.25) is 5.15 Å². The average Bonchev–Trinajstić information content (AvgIpc) is 2.92. The van der Waals surface area contributed by atoms with E-state index in [-0.39, 0.29) is 0 Å². The summed E-state index contributed by atoms with van der Waals surface area (Å²) in [4.78, 5) is 4.18. The second-order valence-electron chi connectivity index (χ2n) is 3.80. The van der Waals surface area contributed by atoms with Crippen molar-refractivity contribution in [1.29, 1.82) is 0 Å². The molecule has 1 aromatic carbocycles. The summed E-state index contributed by atoms with van der Waals surface area (Å²) in [5.74, 6) is 0.776. The first-order chi connectivity index (χ1) is 8.79. The number of ether oxygens (including phenoxy) is 1. The maximum Gasteiger partial charge on any atom is 0.136 e. The highest BCUT2D eigenvalue weighted by atomic mass is 35.5. The fourth-order valence-electron chi connectivity index (χ4n) is 1.89. The Labute approximate surface area is 109 Å². The maximum atomic E-state index is 6.10. The summed E-state index contributed by atoms with van der Waals surface area (Å²) in [7, 11) is 1.64. The molecule has 0 N–H and O–H groups in total. The van der Waals surface area contributed by atoms with Gasteiger partial charge in [0.15, 0.2) is 0 Å². The van der Waals surface area contributed by atoms with Crippen molar-refractivity contribution in [1.82, 2.24) is 14.8 Å². The third-order valence-electron chi connectivity index (χ3n) is 2.78. The summed E-state index contributed by atoms with van der Waals surface area (Å²) in [6.07, 6.45) is 5.29. The van der Waals surface area contributed by atoms with Gasteiger partial charge in [-0.2, -0.15) is 5.10 Å². The van der Waals surface area contributed by atoms with Crippen LogP contribution in [0.15, 0.2) is 42.9 Å². The van der Waals surface area contributed by atoms with E-state index >= 15 is 0 Å². The molecule has 0 spiro atoms. The zero-order chi connectivity index (χ0) is 12.5. The first-order valence-electron chi connectivity index (χ1n) is 5.42. The fraction of sp³-hybridized carbons (Fsp3) is 0.0769. The molecule has 0 atom stereocenters. The molecule has 3 rings (SSSR count). The van der Waals surface area contributed by atoms with E-state index in [0.717, 1.165) is 22.2 Å². The van der Waals surface area contributed by atoms with Crippen molar-refractivity contribution in [3.05, 3.63) is 48.0 Å². The zero-order valence-electron chi connectivity index (χ0n) is 9.67. The van der Waals surface area contributed by atoms with Crippen LogP contribution in [-0.4, -0.2) is 21.9 Å². The Morgan fingerprint density at radius 2 is 2.17 bits per heavy atom. The Balaban J connectivity index is 2.35. The van der Waals surface area contributed by atoms with Crippen LogP contribution in [0.4, 0.5) is 0 Å². The van der Waals surface area contributed by atoms with Gasteiger partial charge >= 0.3 is 0 Å². The van der Waals surface area contributed by atoms with E-state index in [1.54, 1.807) is 24.2 Å². The molecule has 2 heterocycles. The summed E-state index contributed by atoms with van der Waals surface area (Å²) >= 11 is 6.10. The quantitative estimate of drug-likeness (QED) is 0.664. The number of halogens is 1. The molecular weight excluding hydrogens is 250 g/mol. The first-order valence-corrected chi connectivity index (χ1v) is 5.79. The largest absolute Gasteiger partial charge is 0.497 e. The predicted octanol–water partition coefficient (Wildman–Crippen LogP) is 3.08. The second-order valence-corrected chi connectivity index (χ2v) is 4.15. The topological polar surface area (TPSA) is 39.9 Å². The van der Waals surface area contributed by atoms with Crippen LogP contribution in [0.5, 0.6) is 5.75 Å². The maximum absolute atomic E-state index is 6.10. The number of pyridine rings is 1. The number of aromatic nitrogens is 3. The monoisotopic (exact) mass is 259 g/mol. The van der Waals surface area contributed by atoms with E-state index in [2.05, 4.69) is 10.1 Å². The fourth-order valence-corrected chi connectivity index (χ4v) is 2.11. The van der Waals surface area contributed by atoms with Crippen LogP contribution < -0.4 is 4.74 Å². The molecule has 0 amide bonds. The highest BCUT2D eigenvalue weighted by Gasteiger charge is 2.09. The molecule has 2 aromatic heterocycles. The van der Waals surface area contributed by atoms with Crippen molar-refractivity contribution < 1.29 is 4.74 Å². The number of hydrogen-bond donors (Lipinski definition) is 0. The molecule has 5 heteroatoms. The van der Waals surface area contributed by atoms with Crippen molar-refractivity contribution in [3.8, 4) is 11.4 Å². The highest BCUT2D eigenvalue weighted by Crippen LogP contribution is 2.29. The lowest BCUT2D eigenvalue weighted by Gasteiger charge is -2.09. The van der Waals surface area contributed by atoms with Gasteiger partial charge in [0.1, 0.15) is 10.9 Å². The van der Waals surface area contributed by atoms with Crippen molar-refractivity contribution in [2.75, 3.05) is 7.11 Å². The van der Waals surface area contributed by atoms with Gasteiger partial charge in [0.2, 0.25) is 0 Å². The molecule has 0 fully saturated rings. The van der Waals surface area contributed by atoms with Gasteiger partial charge in [-0.25, -0.2) is 9.67 Å². The molecule has 90 valence electrons. The Morgan fingerprint density at radius 3 is 2.89 bits per heavy atom. The standard InChI is InChI=1S/C13H10ClN3O/c1-18-9-3-4-10-11(7-9)12(8-15-13(10)14)17-6-2-5-16-17/h2-8H,1H3. The molecule has 0 saturated heterocycles. The van der Waals surface area contributed by atoms with Gasteiger partial charge in [-0.15, -0.1) is 0 Å². The van der Waals surface area contributed by atoms with Gasteiger partial charge in [-0.1, -0.05) is 11.6 Å². The third-order valence-corrected chi connectivity index (χ3v) is 3.08. The van der Waals surface area contributed by atoms with Gasteiger partial charge in [0, 0.05) is 23.2 Å². The number of benzene rings is 1. The SMILES string of the molecule is COc1ccc2c(Cl)ncc(-n3cccn3)c2c1. The Bertz CT molecular complexity index is 695. The molecule has 0 saturated carbocycles. The number of fused-ring (bicyclic) bond motifs is 1. The van der Waals surface area contributed by atoms with Crippen LogP contribution in [0.1, 0.15) is 0 Å². The van der Waals surface area contributed by atoms with E-state index in [9.17, 15) is 0 Å². The minimum absolute atomic E-state index is 0.476. The number of hydrogen-bond acceptors (Lipinski definition) is 3. The normalized spacial score (nSPS) is 10.8. The molecule has 0 aliphatic rings. The van der Waals surface area contributed by atoms with Crippen molar-refractivity contribution in [3.63, 3.8) is 0 Å². The van der Waals surface area contributed by atoms with Crippen LogP contribution >= 0.6 is 11.6 Å². The van der Waals surface area contributed by atoms with Crippen molar-refractivity contribution in [2.24, 2.45) is 0 Å². The van der Waals surface area contributed by atoms with E-state index in [1.165, 1.54) is 0 Å². The predicted molar refractivity (Wildman–Crippen MR) is 70.4 cm³/mol. The minimum atomic E-state index is 0.476.